The van der Waals surface area contributed by atoms with Gasteiger partial charge in [0.15, 0.2) is 0 Å². The standard InChI is InChI=1S/C11H14N2O3S/c1-7(2)17-6-8-3-4-9(13(15)16)5-10(8)11(12)14/h3-5,7H,6H2,1-2H3,(H2,12,14). The predicted octanol–water partition coefficient (Wildman–Crippen LogP) is 2.34. The van der Waals surface area contributed by atoms with Crippen molar-refractivity contribution in [1.29, 1.82) is 0 Å². The Morgan fingerprint density at radius 1 is 1.53 bits per heavy atom. The summed E-state index contributed by atoms with van der Waals surface area (Å²) in [6, 6.07) is 4.22. The smallest absolute Gasteiger partial charge is 0.270 e. The van der Waals surface area contributed by atoms with Crippen LogP contribution in [-0.2, 0) is 5.75 Å². The molecular weight excluding hydrogens is 240 g/mol. The van der Waals surface area contributed by atoms with E-state index in [1.807, 2.05) is 13.8 Å². The molecule has 0 unspecified atom stereocenters. The van der Waals surface area contributed by atoms with Gasteiger partial charge < -0.3 is 5.73 Å². The second-order valence-electron chi connectivity index (χ2n) is 3.82. The van der Waals surface area contributed by atoms with Gasteiger partial charge in [0.2, 0.25) is 5.91 Å². The molecule has 0 saturated heterocycles. The number of hydrogen-bond donors (Lipinski definition) is 1. The Bertz CT molecular complexity index is 446. The Morgan fingerprint density at radius 2 is 2.18 bits per heavy atom. The van der Waals surface area contributed by atoms with Crippen molar-refractivity contribution in [1.82, 2.24) is 0 Å². The fourth-order valence-corrected chi connectivity index (χ4v) is 2.05. The number of nitrogens with zero attached hydrogens (tertiary/aromatic N) is 1. The fraction of sp³-hybridized carbons (Fsp3) is 0.364. The minimum absolute atomic E-state index is 0.114. The van der Waals surface area contributed by atoms with E-state index < -0.39 is 10.8 Å². The van der Waals surface area contributed by atoms with Gasteiger partial charge in [-0.1, -0.05) is 19.9 Å². The first-order valence-electron chi connectivity index (χ1n) is 5.10. The van der Waals surface area contributed by atoms with Crippen molar-refractivity contribution in [2.24, 2.45) is 5.73 Å². The van der Waals surface area contributed by atoms with Crippen LogP contribution in [0.15, 0.2) is 18.2 Å². The third kappa shape index (κ3) is 3.74. The van der Waals surface area contributed by atoms with Crippen LogP contribution in [0.5, 0.6) is 0 Å². The maximum Gasteiger partial charge on any atom is 0.270 e. The first kappa shape index (κ1) is 13.5. The lowest BCUT2D eigenvalue weighted by Gasteiger charge is -2.08. The van der Waals surface area contributed by atoms with E-state index in [2.05, 4.69) is 0 Å². The Morgan fingerprint density at radius 3 is 2.65 bits per heavy atom. The van der Waals surface area contributed by atoms with Gasteiger partial charge in [-0.3, -0.25) is 14.9 Å². The lowest BCUT2D eigenvalue weighted by molar-refractivity contribution is -0.384. The number of nitro groups is 1. The highest BCUT2D eigenvalue weighted by atomic mass is 32.2. The second kappa shape index (κ2) is 5.67. The summed E-state index contributed by atoms with van der Waals surface area (Å²) >= 11 is 1.65. The molecule has 0 radical (unpaired) electrons. The normalized spacial score (nSPS) is 10.5. The van der Waals surface area contributed by atoms with E-state index in [0.29, 0.717) is 11.0 Å². The van der Waals surface area contributed by atoms with Crippen LogP contribution in [0.3, 0.4) is 0 Å². The topological polar surface area (TPSA) is 86.2 Å². The summed E-state index contributed by atoms with van der Waals surface area (Å²) in [5.74, 6) is -0.0124. The van der Waals surface area contributed by atoms with Gasteiger partial charge in [0.1, 0.15) is 0 Å². The molecule has 0 aliphatic heterocycles. The molecule has 1 amide bonds. The van der Waals surface area contributed by atoms with Crippen molar-refractivity contribution in [2.45, 2.75) is 24.9 Å². The van der Waals surface area contributed by atoms with Gasteiger partial charge in [-0.15, -0.1) is 0 Å². The molecule has 5 nitrogen and oxygen atoms in total. The highest BCUT2D eigenvalue weighted by Gasteiger charge is 2.14. The zero-order chi connectivity index (χ0) is 13.0. The molecule has 0 spiro atoms. The largest absolute Gasteiger partial charge is 0.366 e. The number of carbonyl (C=O) groups excluding carboxylic acids is 1. The molecular formula is C11H14N2O3S. The van der Waals surface area contributed by atoms with Crippen LogP contribution in [0, 0.1) is 10.1 Å². The Hall–Kier alpha value is -1.56. The summed E-state index contributed by atoms with van der Waals surface area (Å²) in [4.78, 5) is 21.3. The molecule has 0 aromatic heterocycles. The first-order valence-corrected chi connectivity index (χ1v) is 6.15. The summed E-state index contributed by atoms with van der Waals surface area (Å²) < 4.78 is 0. The quantitative estimate of drug-likeness (QED) is 0.645. The molecule has 0 aliphatic rings. The average molecular weight is 254 g/mol. The fourth-order valence-electron chi connectivity index (χ4n) is 1.29. The van der Waals surface area contributed by atoms with Crippen molar-refractivity contribution in [3.63, 3.8) is 0 Å². The van der Waals surface area contributed by atoms with Crippen molar-refractivity contribution in [3.8, 4) is 0 Å². The number of thioether (sulfide) groups is 1. The third-order valence-corrected chi connectivity index (χ3v) is 3.29. The lowest BCUT2D eigenvalue weighted by atomic mass is 10.1. The van der Waals surface area contributed by atoms with Gasteiger partial charge >= 0.3 is 0 Å². The molecule has 0 aliphatic carbocycles. The number of nitro benzene ring substituents is 1. The van der Waals surface area contributed by atoms with E-state index in [1.54, 1.807) is 17.8 Å². The monoisotopic (exact) mass is 254 g/mol. The zero-order valence-electron chi connectivity index (χ0n) is 9.67. The van der Waals surface area contributed by atoms with Gasteiger partial charge in [0.05, 0.1) is 4.92 Å². The predicted molar refractivity (Wildman–Crippen MR) is 68.0 cm³/mol. The second-order valence-corrected chi connectivity index (χ2v) is 5.39. The molecule has 0 saturated carbocycles. The zero-order valence-corrected chi connectivity index (χ0v) is 10.5. The molecule has 0 fully saturated rings. The molecule has 2 N–H and O–H groups in total. The molecule has 6 heteroatoms. The van der Waals surface area contributed by atoms with Crippen LogP contribution in [0.2, 0.25) is 0 Å². The molecule has 17 heavy (non-hydrogen) atoms. The van der Waals surface area contributed by atoms with E-state index in [0.717, 1.165) is 5.56 Å². The Balaban J connectivity index is 3.04. The Kier molecular flexibility index (Phi) is 4.51. The number of amides is 1. The number of carbonyl (C=O) groups is 1. The lowest BCUT2D eigenvalue weighted by Crippen LogP contribution is -2.14. The van der Waals surface area contributed by atoms with Crippen molar-refractivity contribution >= 4 is 23.4 Å². The highest BCUT2D eigenvalue weighted by Crippen LogP contribution is 2.23. The maximum absolute atomic E-state index is 11.2. The van der Waals surface area contributed by atoms with Crippen molar-refractivity contribution in [3.05, 3.63) is 39.4 Å². The first-order chi connectivity index (χ1) is 7.91. The van der Waals surface area contributed by atoms with Gasteiger partial charge in [-0.25, -0.2) is 0 Å². The molecule has 1 aromatic carbocycles. The minimum Gasteiger partial charge on any atom is -0.366 e. The number of hydrogen-bond acceptors (Lipinski definition) is 4. The SMILES string of the molecule is CC(C)SCc1ccc([N+](=O)[O-])cc1C(N)=O. The van der Waals surface area contributed by atoms with E-state index in [-0.39, 0.29) is 11.3 Å². The van der Waals surface area contributed by atoms with E-state index in [1.165, 1.54) is 12.1 Å². The van der Waals surface area contributed by atoms with Crippen LogP contribution >= 0.6 is 11.8 Å². The highest BCUT2D eigenvalue weighted by molar-refractivity contribution is 7.99. The van der Waals surface area contributed by atoms with Gasteiger partial charge in [0, 0.05) is 23.4 Å². The van der Waals surface area contributed by atoms with Gasteiger partial charge in [-0.05, 0) is 10.8 Å². The summed E-state index contributed by atoms with van der Waals surface area (Å²) in [6.45, 7) is 4.08. The van der Waals surface area contributed by atoms with Crippen LogP contribution in [0.1, 0.15) is 29.8 Å². The molecule has 1 aromatic rings. The number of rotatable bonds is 5. The van der Waals surface area contributed by atoms with Crippen LogP contribution in [0.25, 0.3) is 0 Å². The number of nitrogens with two attached hydrogens (primary N) is 1. The third-order valence-electron chi connectivity index (χ3n) is 2.14. The molecule has 1 rings (SSSR count). The molecule has 0 atom stereocenters. The summed E-state index contributed by atoms with van der Waals surface area (Å²) in [5.41, 5.74) is 6.07. The summed E-state index contributed by atoms with van der Waals surface area (Å²) in [6.07, 6.45) is 0. The average Bonchev–Trinajstić information content (AvgIpc) is 2.25. The molecule has 92 valence electrons. The molecule has 0 heterocycles. The van der Waals surface area contributed by atoms with E-state index in [9.17, 15) is 14.9 Å². The van der Waals surface area contributed by atoms with Gasteiger partial charge in [0.25, 0.3) is 5.69 Å². The van der Waals surface area contributed by atoms with Gasteiger partial charge in [-0.2, -0.15) is 11.8 Å². The Labute approximate surface area is 104 Å². The van der Waals surface area contributed by atoms with Crippen LogP contribution in [-0.4, -0.2) is 16.1 Å². The van der Waals surface area contributed by atoms with Crippen LogP contribution in [0.4, 0.5) is 5.69 Å². The van der Waals surface area contributed by atoms with Crippen LogP contribution < -0.4 is 5.73 Å². The maximum atomic E-state index is 11.2. The van der Waals surface area contributed by atoms with Crippen molar-refractivity contribution in [2.75, 3.05) is 0 Å². The van der Waals surface area contributed by atoms with E-state index >= 15 is 0 Å². The summed E-state index contributed by atoms with van der Waals surface area (Å²) in [7, 11) is 0. The molecule has 0 bridgehead atoms. The number of benzene rings is 1. The van der Waals surface area contributed by atoms with Crippen molar-refractivity contribution < 1.29 is 9.72 Å². The van der Waals surface area contributed by atoms with E-state index in [4.69, 9.17) is 5.73 Å². The number of primary amides is 1. The summed E-state index contributed by atoms with van der Waals surface area (Å²) in [5, 5.41) is 11.0. The number of non-ortho nitro benzene ring substituents is 1. The minimum atomic E-state index is -0.631.